The van der Waals surface area contributed by atoms with Crippen LogP contribution >= 0.6 is 0 Å². The third-order valence-electron chi connectivity index (χ3n) is 6.94. The number of likely N-dealkylation sites (tertiary alicyclic amines) is 1. The number of hydrogen-bond donors (Lipinski definition) is 2. The highest BCUT2D eigenvalue weighted by atomic mass is 19.1. The fourth-order valence-corrected chi connectivity index (χ4v) is 4.89. The van der Waals surface area contributed by atoms with Gasteiger partial charge in [0.2, 0.25) is 11.9 Å². The normalized spacial score (nSPS) is 15.5. The maximum atomic E-state index is 15.0. The van der Waals surface area contributed by atoms with Crippen LogP contribution in [-0.4, -0.2) is 47.4 Å². The number of carbonyl (C=O) groups is 2. The molecular weight excluding hydrogens is 473 g/mol. The Morgan fingerprint density at radius 2 is 1.86 bits per heavy atom. The van der Waals surface area contributed by atoms with Crippen LogP contribution < -0.4 is 15.8 Å². The van der Waals surface area contributed by atoms with E-state index in [-0.39, 0.29) is 34.9 Å². The van der Waals surface area contributed by atoms with Gasteiger partial charge in [0.15, 0.2) is 0 Å². The molecule has 1 saturated heterocycles. The van der Waals surface area contributed by atoms with Gasteiger partial charge in [-0.3, -0.25) is 9.59 Å². The minimum Gasteiger partial charge on any atom is -0.489 e. The number of halogens is 1. The zero-order valence-electron chi connectivity index (χ0n) is 20.4. The predicted octanol–water partition coefficient (Wildman–Crippen LogP) is 3.68. The summed E-state index contributed by atoms with van der Waals surface area (Å²) in [6.07, 6.45) is 1.93. The Labute approximate surface area is 213 Å². The molecule has 8 nitrogen and oxygen atoms in total. The van der Waals surface area contributed by atoms with E-state index in [1.807, 2.05) is 6.07 Å². The summed E-state index contributed by atoms with van der Waals surface area (Å²) in [6.45, 7) is 3.32. The molecule has 2 aliphatic heterocycles. The molecule has 2 amide bonds. The lowest BCUT2D eigenvalue weighted by molar-refractivity contribution is -0.130. The first-order valence-corrected chi connectivity index (χ1v) is 12.2. The van der Waals surface area contributed by atoms with E-state index in [1.54, 1.807) is 48.2 Å². The molecule has 3 aromatic rings. The number of aromatic nitrogens is 1. The molecule has 0 atom stereocenters. The average Bonchev–Trinajstić information content (AvgIpc) is 2.89. The molecule has 9 heteroatoms. The molecule has 37 heavy (non-hydrogen) atoms. The average molecular weight is 500 g/mol. The Bertz CT molecular complexity index is 1440. The molecule has 0 aliphatic carbocycles. The van der Waals surface area contributed by atoms with Crippen molar-refractivity contribution in [1.82, 2.24) is 15.2 Å². The molecule has 1 aromatic heterocycles. The van der Waals surface area contributed by atoms with Gasteiger partial charge in [-0.1, -0.05) is 18.2 Å². The van der Waals surface area contributed by atoms with Gasteiger partial charge < -0.3 is 20.7 Å². The monoisotopic (exact) mass is 499 g/mol. The number of nitrogens with one attached hydrogen (secondary N) is 1. The maximum Gasteiger partial charge on any atom is 0.251 e. The minimum atomic E-state index is -0.743. The highest BCUT2D eigenvalue weighted by Crippen LogP contribution is 2.35. The molecule has 3 N–H and O–H groups in total. The molecule has 0 saturated carbocycles. The second-order valence-corrected chi connectivity index (χ2v) is 9.28. The third kappa shape index (κ3) is 4.83. The quantitative estimate of drug-likeness (QED) is 0.528. The van der Waals surface area contributed by atoms with Crippen LogP contribution in [0.3, 0.4) is 0 Å². The lowest BCUT2D eigenvalue weighted by Gasteiger charge is -2.31. The second-order valence-electron chi connectivity index (χ2n) is 9.28. The van der Waals surface area contributed by atoms with Crippen LogP contribution in [-0.2, 0) is 11.2 Å². The van der Waals surface area contributed by atoms with Gasteiger partial charge in [0.25, 0.3) is 5.91 Å². The molecule has 5 rings (SSSR count). The Hall–Kier alpha value is -4.45. The van der Waals surface area contributed by atoms with E-state index in [9.17, 15) is 19.2 Å². The molecule has 2 aromatic carbocycles. The van der Waals surface area contributed by atoms with Crippen molar-refractivity contribution < 1.29 is 18.7 Å². The molecular formula is C28H26FN5O3. The van der Waals surface area contributed by atoms with Gasteiger partial charge in [0, 0.05) is 56.1 Å². The van der Waals surface area contributed by atoms with Gasteiger partial charge in [-0.15, -0.1) is 0 Å². The lowest BCUT2D eigenvalue weighted by Crippen LogP contribution is -2.40. The minimum absolute atomic E-state index is 0.0406. The van der Waals surface area contributed by atoms with Crippen molar-refractivity contribution in [3.63, 3.8) is 0 Å². The van der Waals surface area contributed by atoms with E-state index in [0.29, 0.717) is 61.3 Å². The van der Waals surface area contributed by atoms with Gasteiger partial charge >= 0.3 is 0 Å². The van der Waals surface area contributed by atoms with E-state index in [4.69, 9.17) is 10.5 Å². The second kappa shape index (κ2) is 9.90. The van der Waals surface area contributed by atoms with Crippen LogP contribution in [0.1, 0.15) is 41.3 Å². The first-order valence-electron chi connectivity index (χ1n) is 12.2. The first kappa shape index (κ1) is 24.3. The van der Waals surface area contributed by atoms with Crippen LogP contribution in [0.25, 0.3) is 22.3 Å². The van der Waals surface area contributed by atoms with Gasteiger partial charge in [-0.25, -0.2) is 4.98 Å². The highest BCUT2D eigenvalue weighted by molar-refractivity contribution is 5.97. The van der Waals surface area contributed by atoms with Crippen molar-refractivity contribution in [3.05, 3.63) is 65.1 Å². The number of piperidine rings is 1. The smallest absolute Gasteiger partial charge is 0.251 e. The zero-order valence-corrected chi connectivity index (χ0v) is 20.4. The van der Waals surface area contributed by atoms with E-state index in [0.717, 1.165) is 11.1 Å². The molecule has 0 radical (unpaired) electrons. The Kier molecular flexibility index (Phi) is 6.49. The molecule has 3 heterocycles. The van der Waals surface area contributed by atoms with E-state index in [1.165, 1.54) is 0 Å². The number of nitrogens with two attached hydrogens (primary N) is 1. The van der Waals surface area contributed by atoms with Crippen LogP contribution in [0.15, 0.2) is 42.5 Å². The number of rotatable bonds is 4. The van der Waals surface area contributed by atoms with E-state index >= 15 is 0 Å². The number of nitrogen functional groups attached to an aromatic ring is 1. The van der Waals surface area contributed by atoms with Crippen molar-refractivity contribution >= 4 is 17.6 Å². The van der Waals surface area contributed by atoms with Crippen molar-refractivity contribution in [1.29, 1.82) is 5.26 Å². The molecule has 0 spiro atoms. The standard InChI is InChI=1S/C28H26FN5O3/c1-16(35)34-10-7-21(8-11-34)37-25-5-3-17(13-20(25)15-30)23-14-24(27(31)33-26(23)29)18-2-4-22-19(12-18)6-9-32-28(22)36/h2-5,12-14,21H,6-11H2,1H3,(H2,31,33)(H,32,36). The van der Waals surface area contributed by atoms with Gasteiger partial charge in [-0.2, -0.15) is 9.65 Å². The molecule has 0 bridgehead atoms. The highest BCUT2D eigenvalue weighted by Gasteiger charge is 2.24. The van der Waals surface area contributed by atoms with Crippen molar-refractivity contribution in [2.24, 2.45) is 0 Å². The topological polar surface area (TPSA) is 121 Å². The number of fused-ring (bicyclic) bond motifs is 1. The summed E-state index contributed by atoms with van der Waals surface area (Å²) in [5.74, 6) is -0.356. The molecule has 2 aliphatic rings. The van der Waals surface area contributed by atoms with Gasteiger partial charge in [0.1, 0.15) is 23.7 Å². The number of amides is 2. The summed E-state index contributed by atoms with van der Waals surface area (Å²) >= 11 is 0. The SMILES string of the molecule is CC(=O)N1CCC(Oc2ccc(-c3cc(-c4ccc5c(c4)CCNC5=O)c(N)nc3F)cc2C#N)CC1. The fraction of sp³-hybridized carbons (Fsp3) is 0.286. The molecule has 1 fully saturated rings. The maximum absolute atomic E-state index is 15.0. The number of nitriles is 1. The predicted molar refractivity (Wildman–Crippen MR) is 136 cm³/mol. The Balaban J connectivity index is 1.43. The van der Waals surface area contributed by atoms with Crippen molar-refractivity contribution in [2.75, 3.05) is 25.4 Å². The summed E-state index contributed by atoms with van der Waals surface area (Å²) in [7, 11) is 0. The number of hydrogen-bond acceptors (Lipinski definition) is 6. The zero-order chi connectivity index (χ0) is 26.1. The summed E-state index contributed by atoms with van der Waals surface area (Å²) < 4.78 is 21.1. The Morgan fingerprint density at radius 3 is 2.59 bits per heavy atom. The third-order valence-corrected chi connectivity index (χ3v) is 6.94. The summed E-state index contributed by atoms with van der Waals surface area (Å²) in [4.78, 5) is 29.4. The van der Waals surface area contributed by atoms with Crippen LogP contribution in [0.4, 0.5) is 10.2 Å². The summed E-state index contributed by atoms with van der Waals surface area (Å²) in [6, 6.07) is 14.1. The number of anilines is 1. The summed E-state index contributed by atoms with van der Waals surface area (Å²) in [5.41, 5.74) is 9.84. The van der Waals surface area contributed by atoms with Crippen molar-refractivity contribution in [2.45, 2.75) is 32.3 Å². The molecule has 188 valence electrons. The van der Waals surface area contributed by atoms with Crippen molar-refractivity contribution in [3.8, 4) is 34.1 Å². The number of carbonyl (C=O) groups excluding carboxylic acids is 2. The Morgan fingerprint density at radius 1 is 1.14 bits per heavy atom. The number of benzene rings is 2. The first-order chi connectivity index (χ1) is 17.8. The van der Waals surface area contributed by atoms with Crippen LogP contribution in [0.5, 0.6) is 5.75 Å². The van der Waals surface area contributed by atoms with E-state index in [2.05, 4.69) is 16.4 Å². The van der Waals surface area contributed by atoms with E-state index < -0.39 is 5.95 Å². The van der Waals surface area contributed by atoms with Crippen LogP contribution in [0, 0.1) is 17.3 Å². The van der Waals surface area contributed by atoms with Gasteiger partial charge in [0.05, 0.1) is 5.56 Å². The molecule has 0 unspecified atom stereocenters. The number of ether oxygens (including phenoxy) is 1. The fourth-order valence-electron chi connectivity index (χ4n) is 4.89. The summed E-state index contributed by atoms with van der Waals surface area (Å²) in [5, 5.41) is 12.6. The number of nitrogens with zero attached hydrogens (tertiary/aromatic N) is 3. The number of pyridine rings is 1. The van der Waals surface area contributed by atoms with Gasteiger partial charge in [-0.05, 0) is 47.4 Å². The van der Waals surface area contributed by atoms with Crippen LogP contribution in [0.2, 0.25) is 0 Å². The lowest BCUT2D eigenvalue weighted by atomic mass is 9.94. The largest absolute Gasteiger partial charge is 0.489 e.